The van der Waals surface area contributed by atoms with Crippen molar-refractivity contribution in [2.45, 2.75) is 13.0 Å². The highest BCUT2D eigenvalue weighted by molar-refractivity contribution is 7.18. The molecule has 0 fully saturated rings. The van der Waals surface area contributed by atoms with Crippen molar-refractivity contribution < 1.29 is 0 Å². The van der Waals surface area contributed by atoms with Gasteiger partial charge in [0.05, 0.1) is 10.2 Å². The monoisotopic (exact) mass is 315 g/mol. The third-order valence-electron chi connectivity index (χ3n) is 3.29. The van der Waals surface area contributed by atoms with Crippen LogP contribution in [0.2, 0.25) is 5.28 Å². The molecule has 0 spiro atoms. The van der Waals surface area contributed by atoms with Crippen LogP contribution in [0.4, 0.5) is 5.82 Å². The molecule has 1 N–H and O–H groups in total. The number of fused-ring (bicyclic) bond motifs is 1. The lowest BCUT2D eigenvalue weighted by Crippen LogP contribution is -2.08. The molecule has 2 aromatic heterocycles. The van der Waals surface area contributed by atoms with Gasteiger partial charge in [-0.05, 0) is 24.1 Å². The summed E-state index contributed by atoms with van der Waals surface area (Å²) in [6.07, 6.45) is 1.78. The van der Waals surface area contributed by atoms with Crippen molar-refractivity contribution in [1.29, 1.82) is 0 Å². The minimum Gasteiger partial charge on any atom is -0.362 e. The molecule has 0 aliphatic heterocycles. The molecule has 0 saturated carbocycles. The first-order valence-electron chi connectivity index (χ1n) is 6.57. The van der Waals surface area contributed by atoms with Gasteiger partial charge in [-0.1, -0.05) is 43.0 Å². The van der Waals surface area contributed by atoms with Gasteiger partial charge < -0.3 is 5.32 Å². The summed E-state index contributed by atoms with van der Waals surface area (Å²) in [6.45, 7) is 5.90. The van der Waals surface area contributed by atoms with Gasteiger partial charge in [-0.2, -0.15) is 4.98 Å². The zero-order chi connectivity index (χ0) is 14.8. The van der Waals surface area contributed by atoms with Gasteiger partial charge in [-0.25, -0.2) is 4.98 Å². The molecule has 3 aromatic rings. The molecule has 3 rings (SSSR count). The first kappa shape index (κ1) is 14.0. The smallest absolute Gasteiger partial charge is 0.224 e. The third kappa shape index (κ3) is 2.77. The summed E-state index contributed by atoms with van der Waals surface area (Å²) in [6, 6.07) is 10.4. The minimum atomic E-state index is 0.134. The van der Waals surface area contributed by atoms with E-state index in [-0.39, 0.29) is 11.3 Å². The second-order valence-electron chi connectivity index (χ2n) is 4.69. The number of nitrogens with one attached hydrogen (secondary N) is 1. The van der Waals surface area contributed by atoms with Crippen LogP contribution in [0.25, 0.3) is 16.3 Å². The van der Waals surface area contributed by atoms with E-state index in [9.17, 15) is 0 Å². The third-order valence-corrected chi connectivity index (χ3v) is 4.45. The molecule has 0 aliphatic rings. The summed E-state index contributed by atoms with van der Waals surface area (Å²) in [7, 11) is 0. The average Bonchev–Trinajstić information content (AvgIpc) is 2.91. The fourth-order valence-corrected chi connectivity index (χ4v) is 3.29. The average molecular weight is 316 g/mol. The summed E-state index contributed by atoms with van der Waals surface area (Å²) in [5, 5.41) is 5.68. The van der Waals surface area contributed by atoms with Crippen LogP contribution in [0, 0.1) is 0 Å². The fourth-order valence-electron chi connectivity index (χ4n) is 2.18. The maximum atomic E-state index is 6.05. The number of nitrogens with zero attached hydrogens (tertiary/aromatic N) is 2. The summed E-state index contributed by atoms with van der Waals surface area (Å²) in [5.41, 5.74) is 3.02. The van der Waals surface area contributed by atoms with Gasteiger partial charge in [0.2, 0.25) is 5.28 Å². The van der Waals surface area contributed by atoms with Gasteiger partial charge in [0.15, 0.2) is 0 Å². The zero-order valence-electron chi connectivity index (χ0n) is 11.5. The van der Waals surface area contributed by atoms with Crippen molar-refractivity contribution in [2.24, 2.45) is 0 Å². The second-order valence-corrected chi connectivity index (χ2v) is 5.91. The van der Waals surface area contributed by atoms with Gasteiger partial charge in [0.1, 0.15) is 5.82 Å². The Morgan fingerprint density at radius 2 is 2.05 bits per heavy atom. The molecular weight excluding hydrogens is 302 g/mol. The molecule has 0 amide bonds. The van der Waals surface area contributed by atoms with E-state index in [1.165, 1.54) is 5.56 Å². The quantitative estimate of drug-likeness (QED) is 0.676. The normalized spacial score (nSPS) is 12.3. The molecule has 0 saturated heterocycles. The number of halogens is 1. The number of benzene rings is 1. The summed E-state index contributed by atoms with van der Waals surface area (Å²) >= 11 is 7.64. The lowest BCUT2D eigenvalue weighted by molar-refractivity contribution is 0.876. The number of hydrogen-bond acceptors (Lipinski definition) is 4. The Kier molecular flexibility index (Phi) is 3.90. The van der Waals surface area contributed by atoms with Gasteiger partial charge >= 0.3 is 0 Å². The Hall–Kier alpha value is -1.91. The van der Waals surface area contributed by atoms with E-state index in [4.69, 9.17) is 11.6 Å². The molecule has 5 heteroatoms. The molecule has 0 unspecified atom stereocenters. The molecular formula is C16H14ClN3S. The largest absolute Gasteiger partial charge is 0.362 e. The Morgan fingerprint density at radius 3 is 2.76 bits per heavy atom. The Bertz CT molecular complexity index is 783. The number of hydrogen-bond donors (Lipinski definition) is 1. The van der Waals surface area contributed by atoms with Crippen LogP contribution in [0.15, 0.2) is 42.3 Å². The summed E-state index contributed by atoms with van der Waals surface area (Å²) < 4.78 is 0.997. The Labute approximate surface area is 132 Å². The van der Waals surface area contributed by atoms with E-state index in [2.05, 4.69) is 40.9 Å². The standard InChI is InChI=1S/C16H14ClN3S/c1-3-11-9-21-14-13(11)19-16(17)20-15(14)18-10(2)12-7-5-4-6-8-12/h3-10H,1H2,2H3,(H,18,19,20)/t10-/m1/s1. The molecule has 0 radical (unpaired) electrons. The maximum Gasteiger partial charge on any atom is 0.224 e. The predicted molar refractivity (Wildman–Crippen MR) is 91.0 cm³/mol. The topological polar surface area (TPSA) is 37.8 Å². The predicted octanol–water partition coefficient (Wildman–Crippen LogP) is 5.16. The summed E-state index contributed by atoms with van der Waals surface area (Å²) in [4.78, 5) is 8.63. The highest BCUT2D eigenvalue weighted by Gasteiger charge is 2.14. The first-order valence-corrected chi connectivity index (χ1v) is 7.83. The van der Waals surface area contributed by atoms with Crippen LogP contribution in [-0.2, 0) is 0 Å². The van der Waals surface area contributed by atoms with Gasteiger partial charge in [0.25, 0.3) is 0 Å². The van der Waals surface area contributed by atoms with E-state index < -0.39 is 0 Å². The molecule has 21 heavy (non-hydrogen) atoms. The SMILES string of the molecule is C=Cc1csc2c(N[C@H](C)c3ccccc3)nc(Cl)nc12. The Balaban J connectivity index is 2.01. The van der Waals surface area contributed by atoms with E-state index in [1.54, 1.807) is 17.4 Å². The lowest BCUT2D eigenvalue weighted by Gasteiger charge is -2.15. The maximum absolute atomic E-state index is 6.05. The number of thiophene rings is 1. The second kappa shape index (κ2) is 5.84. The molecule has 106 valence electrons. The molecule has 1 aromatic carbocycles. The van der Waals surface area contributed by atoms with Crippen molar-refractivity contribution in [3.8, 4) is 0 Å². The van der Waals surface area contributed by atoms with Crippen molar-refractivity contribution in [3.05, 3.63) is 58.7 Å². The van der Waals surface area contributed by atoms with Crippen LogP contribution in [0.5, 0.6) is 0 Å². The molecule has 0 aliphatic carbocycles. The van der Waals surface area contributed by atoms with Crippen LogP contribution in [-0.4, -0.2) is 9.97 Å². The van der Waals surface area contributed by atoms with E-state index in [0.29, 0.717) is 0 Å². The van der Waals surface area contributed by atoms with Crippen LogP contribution < -0.4 is 5.32 Å². The van der Waals surface area contributed by atoms with Crippen molar-refractivity contribution in [3.63, 3.8) is 0 Å². The van der Waals surface area contributed by atoms with Crippen LogP contribution >= 0.6 is 22.9 Å². The minimum absolute atomic E-state index is 0.134. The van der Waals surface area contributed by atoms with Crippen LogP contribution in [0.3, 0.4) is 0 Å². The number of aromatic nitrogens is 2. The first-order chi connectivity index (χ1) is 10.2. The lowest BCUT2D eigenvalue weighted by atomic mass is 10.1. The van der Waals surface area contributed by atoms with E-state index in [0.717, 1.165) is 21.6 Å². The molecule has 3 nitrogen and oxygen atoms in total. The molecule has 0 bridgehead atoms. The highest BCUT2D eigenvalue weighted by atomic mass is 35.5. The van der Waals surface area contributed by atoms with E-state index in [1.807, 2.05) is 23.6 Å². The zero-order valence-corrected chi connectivity index (χ0v) is 13.1. The molecule has 2 heterocycles. The van der Waals surface area contributed by atoms with E-state index >= 15 is 0 Å². The summed E-state index contributed by atoms with van der Waals surface area (Å²) in [5.74, 6) is 0.763. The fraction of sp³-hybridized carbons (Fsp3) is 0.125. The van der Waals surface area contributed by atoms with Crippen LogP contribution in [0.1, 0.15) is 24.1 Å². The van der Waals surface area contributed by atoms with Crippen molar-refractivity contribution >= 4 is 45.0 Å². The Morgan fingerprint density at radius 1 is 1.29 bits per heavy atom. The number of anilines is 1. The van der Waals surface area contributed by atoms with Gasteiger partial charge in [0, 0.05) is 17.0 Å². The molecule has 1 atom stereocenters. The van der Waals surface area contributed by atoms with Crippen molar-refractivity contribution in [2.75, 3.05) is 5.32 Å². The highest BCUT2D eigenvalue weighted by Crippen LogP contribution is 2.33. The number of rotatable bonds is 4. The van der Waals surface area contributed by atoms with Gasteiger partial charge in [-0.15, -0.1) is 11.3 Å². The van der Waals surface area contributed by atoms with Gasteiger partial charge in [-0.3, -0.25) is 0 Å². The van der Waals surface area contributed by atoms with Crippen molar-refractivity contribution in [1.82, 2.24) is 9.97 Å².